The molecular formula is C32H40N4O10. The lowest BCUT2D eigenvalue weighted by Crippen LogP contribution is -2.63. The van der Waals surface area contributed by atoms with Crippen LogP contribution in [0.5, 0.6) is 23.0 Å². The van der Waals surface area contributed by atoms with Gasteiger partial charge in [-0.25, -0.2) is 4.79 Å². The van der Waals surface area contributed by atoms with E-state index in [-0.39, 0.29) is 47.3 Å². The summed E-state index contributed by atoms with van der Waals surface area (Å²) in [6, 6.07) is 7.10. The summed E-state index contributed by atoms with van der Waals surface area (Å²) in [6.45, 7) is 5.18. The lowest BCUT2D eigenvalue weighted by Gasteiger charge is -2.46. The molecule has 1 fully saturated rings. The second kappa shape index (κ2) is 14.5. The number of carboxylic acids is 1. The molecule has 14 heteroatoms. The summed E-state index contributed by atoms with van der Waals surface area (Å²) < 4.78 is 0. The lowest BCUT2D eigenvalue weighted by molar-refractivity contribution is -0.163. The molecule has 1 saturated heterocycles. The summed E-state index contributed by atoms with van der Waals surface area (Å²) in [5, 5.41) is 64.0. The van der Waals surface area contributed by atoms with Crippen molar-refractivity contribution < 1.29 is 49.8 Å². The first-order valence-electron chi connectivity index (χ1n) is 15.1. The summed E-state index contributed by atoms with van der Waals surface area (Å²) in [5.41, 5.74) is 0.890. The molecule has 3 amide bonds. The maximum absolute atomic E-state index is 12.8. The van der Waals surface area contributed by atoms with Crippen molar-refractivity contribution in [2.45, 2.75) is 45.3 Å². The van der Waals surface area contributed by atoms with Crippen LogP contribution in [0.15, 0.2) is 47.7 Å². The SMILES string of the molecule is C[C@@H](O)[C@H]1C(=O)N2C(C(=O)O)=C(CN(CCCCNC(=O)c3ccc(O)c(O)c3)CCCNC(=O)c3ccc(O)c(O)c3)[C@H](C)[C@H]12. The number of rotatable bonds is 15. The van der Waals surface area contributed by atoms with E-state index in [0.717, 1.165) is 6.07 Å². The van der Waals surface area contributed by atoms with Crippen LogP contribution >= 0.6 is 0 Å². The fourth-order valence-electron chi connectivity index (χ4n) is 6.06. The van der Waals surface area contributed by atoms with Gasteiger partial charge in [0.2, 0.25) is 5.91 Å². The zero-order valence-corrected chi connectivity index (χ0v) is 25.6. The number of fused-ring (bicyclic) bond motifs is 1. The number of β-lactam (4-membered cyclic amide) rings is 1. The molecule has 2 aromatic carbocycles. The van der Waals surface area contributed by atoms with E-state index in [4.69, 9.17) is 0 Å². The second-order valence-corrected chi connectivity index (χ2v) is 11.7. The monoisotopic (exact) mass is 640 g/mol. The highest BCUT2D eigenvalue weighted by Gasteiger charge is 2.59. The highest BCUT2D eigenvalue weighted by molar-refractivity contribution is 6.00. The second-order valence-electron chi connectivity index (χ2n) is 11.7. The van der Waals surface area contributed by atoms with Crippen molar-refractivity contribution in [2.24, 2.45) is 11.8 Å². The Hall–Kier alpha value is -4.82. The average molecular weight is 641 g/mol. The summed E-state index contributed by atoms with van der Waals surface area (Å²) >= 11 is 0. The van der Waals surface area contributed by atoms with Crippen molar-refractivity contribution >= 4 is 23.7 Å². The molecule has 0 saturated carbocycles. The van der Waals surface area contributed by atoms with Crippen LogP contribution in [0.1, 0.15) is 53.8 Å². The first kappa shape index (κ1) is 34.1. The van der Waals surface area contributed by atoms with Crippen LogP contribution in [-0.2, 0) is 9.59 Å². The minimum Gasteiger partial charge on any atom is -0.504 e. The highest BCUT2D eigenvalue weighted by Crippen LogP contribution is 2.47. The van der Waals surface area contributed by atoms with Crippen LogP contribution in [0.2, 0.25) is 0 Å². The van der Waals surface area contributed by atoms with E-state index in [1.165, 1.54) is 42.2 Å². The molecule has 4 rings (SSSR count). The number of aliphatic carboxylic acids is 1. The predicted octanol–water partition coefficient (Wildman–Crippen LogP) is 1.34. The number of phenols is 4. The van der Waals surface area contributed by atoms with Crippen LogP contribution < -0.4 is 10.6 Å². The van der Waals surface area contributed by atoms with Gasteiger partial charge in [0.05, 0.1) is 18.1 Å². The van der Waals surface area contributed by atoms with Crippen LogP contribution in [0.25, 0.3) is 0 Å². The van der Waals surface area contributed by atoms with Crippen molar-refractivity contribution in [1.29, 1.82) is 0 Å². The minimum absolute atomic E-state index is 0.0609. The Morgan fingerprint density at radius 3 is 1.87 bits per heavy atom. The quantitative estimate of drug-likeness (QED) is 0.0788. The summed E-state index contributed by atoms with van der Waals surface area (Å²) in [5.74, 6) is -4.93. The zero-order chi connectivity index (χ0) is 33.7. The molecule has 248 valence electrons. The van der Waals surface area contributed by atoms with E-state index in [1.807, 2.05) is 11.8 Å². The van der Waals surface area contributed by atoms with Gasteiger partial charge < -0.3 is 46.2 Å². The molecular weight excluding hydrogens is 600 g/mol. The van der Waals surface area contributed by atoms with Gasteiger partial charge in [0.1, 0.15) is 5.70 Å². The van der Waals surface area contributed by atoms with Crippen molar-refractivity contribution in [3.8, 4) is 23.0 Å². The Balaban J connectivity index is 1.38. The smallest absolute Gasteiger partial charge is 0.352 e. The third-order valence-electron chi connectivity index (χ3n) is 8.51. The third-order valence-corrected chi connectivity index (χ3v) is 8.51. The number of nitrogens with one attached hydrogen (secondary N) is 2. The number of hydrogen-bond acceptors (Lipinski definition) is 10. The van der Waals surface area contributed by atoms with Gasteiger partial charge in [-0.2, -0.15) is 0 Å². The number of aromatic hydroxyl groups is 4. The topological polar surface area (TPSA) is 220 Å². The van der Waals surface area contributed by atoms with E-state index >= 15 is 0 Å². The predicted molar refractivity (Wildman–Crippen MR) is 164 cm³/mol. The first-order valence-corrected chi connectivity index (χ1v) is 15.1. The number of carbonyl (C=O) groups is 4. The normalized spacial score (nSPS) is 19.5. The molecule has 4 atom stereocenters. The van der Waals surface area contributed by atoms with Crippen LogP contribution in [0.4, 0.5) is 0 Å². The van der Waals surface area contributed by atoms with E-state index in [1.54, 1.807) is 0 Å². The molecule has 0 radical (unpaired) electrons. The molecule has 2 aromatic rings. The Bertz CT molecular complexity index is 1520. The molecule has 2 aliphatic rings. The van der Waals surface area contributed by atoms with E-state index in [2.05, 4.69) is 10.6 Å². The van der Waals surface area contributed by atoms with Gasteiger partial charge >= 0.3 is 5.97 Å². The number of nitrogens with zero attached hydrogens (tertiary/aromatic N) is 2. The largest absolute Gasteiger partial charge is 0.504 e. The Morgan fingerprint density at radius 2 is 1.37 bits per heavy atom. The number of phenolic OH excluding ortho intramolecular Hbond substituents is 4. The number of aliphatic hydroxyl groups excluding tert-OH is 1. The Kier molecular flexibility index (Phi) is 10.7. The highest BCUT2D eigenvalue weighted by atomic mass is 16.4. The van der Waals surface area contributed by atoms with Crippen LogP contribution in [0.3, 0.4) is 0 Å². The van der Waals surface area contributed by atoms with Gasteiger partial charge in [-0.1, -0.05) is 6.92 Å². The molecule has 0 aromatic heterocycles. The van der Waals surface area contributed by atoms with Crippen molar-refractivity contribution in [1.82, 2.24) is 20.4 Å². The standard InChI is InChI=1S/C32H40N4O10/c1-17-21(28(32(45)46)36-27(17)26(18(2)37)31(36)44)16-35(13-5-11-34-30(43)20-7-9-23(39)25(41)15-20)12-4-3-10-33-29(42)19-6-8-22(38)24(40)14-19/h6-9,14-15,17-18,26-27,37-41H,3-5,10-13,16H2,1-2H3,(H,33,42)(H,34,43)(H,45,46)/t17-,18+,26+,27+/m0/s1. The van der Waals surface area contributed by atoms with Gasteiger partial charge in [0.15, 0.2) is 23.0 Å². The van der Waals surface area contributed by atoms with Crippen LogP contribution in [-0.4, -0.2) is 109 Å². The molecule has 0 spiro atoms. The fraction of sp³-hybridized carbons (Fsp3) is 0.438. The number of unbranched alkanes of at least 4 members (excludes halogenated alkanes) is 1. The molecule has 8 N–H and O–H groups in total. The summed E-state index contributed by atoms with van der Waals surface area (Å²) in [4.78, 5) is 53.3. The van der Waals surface area contributed by atoms with Crippen molar-refractivity contribution in [3.05, 3.63) is 58.8 Å². The Morgan fingerprint density at radius 1 is 0.848 bits per heavy atom. The van der Waals surface area contributed by atoms with E-state index in [9.17, 15) is 49.8 Å². The fourth-order valence-corrected chi connectivity index (χ4v) is 6.06. The van der Waals surface area contributed by atoms with Gasteiger partial charge in [-0.05, 0) is 74.7 Å². The van der Waals surface area contributed by atoms with Crippen molar-refractivity contribution in [2.75, 3.05) is 32.7 Å². The first-order chi connectivity index (χ1) is 21.8. The molecule has 0 aliphatic carbocycles. The van der Waals surface area contributed by atoms with E-state index < -0.39 is 53.3 Å². The maximum Gasteiger partial charge on any atom is 0.352 e. The summed E-state index contributed by atoms with van der Waals surface area (Å²) in [7, 11) is 0. The minimum atomic E-state index is -1.21. The maximum atomic E-state index is 12.8. The molecule has 2 heterocycles. The number of amides is 3. The number of aliphatic hydroxyl groups is 1. The lowest BCUT2D eigenvalue weighted by atomic mass is 9.77. The number of benzene rings is 2. The molecule has 0 bridgehead atoms. The van der Waals surface area contributed by atoms with Crippen LogP contribution in [0, 0.1) is 11.8 Å². The average Bonchev–Trinajstić information content (AvgIpc) is 3.24. The van der Waals surface area contributed by atoms with Gasteiger partial charge in [-0.15, -0.1) is 0 Å². The van der Waals surface area contributed by atoms with E-state index in [0.29, 0.717) is 44.5 Å². The molecule has 46 heavy (non-hydrogen) atoms. The van der Waals surface area contributed by atoms with Gasteiger partial charge in [-0.3, -0.25) is 19.3 Å². The molecule has 0 unspecified atom stereocenters. The Labute approximate surface area is 265 Å². The number of carbonyl (C=O) groups excluding carboxylic acids is 3. The van der Waals surface area contributed by atoms with Gasteiger partial charge in [0.25, 0.3) is 11.8 Å². The number of carboxylic acid groups (broad SMARTS) is 1. The number of hydrogen-bond donors (Lipinski definition) is 8. The van der Waals surface area contributed by atoms with Crippen molar-refractivity contribution in [3.63, 3.8) is 0 Å². The van der Waals surface area contributed by atoms with Gasteiger partial charge in [0, 0.05) is 43.2 Å². The summed E-state index contributed by atoms with van der Waals surface area (Å²) in [6.07, 6.45) is 0.766. The third kappa shape index (κ3) is 7.35. The molecule has 2 aliphatic heterocycles. The zero-order valence-electron chi connectivity index (χ0n) is 25.6. The molecule has 14 nitrogen and oxygen atoms in total.